The minimum Gasteiger partial charge on any atom is -0.493 e. The van der Waals surface area contributed by atoms with Crippen molar-refractivity contribution in [3.63, 3.8) is 0 Å². The van der Waals surface area contributed by atoms with Gasteiger partial charge in [0.2, 0.25) is 0 Å². The molecule has 0 bridgehead atoms. The molecule has 2 aromatic carbocycles. The van der Waals surface area contributed by atoms with E-state index in [0.717, 1.165) is 5.56 Å². The predicted molar refractivity (Wildman–Crippen MR) is 99.0 cm³/mol. The van der Waals surface area contributed by atoms with E-state index in [9.17, 15) is 9.59 Å². The van der Waals surface area contributed by atoms with Gasteiger partial charge in [0.1, 0.15) is 0 Å². The standard InChI is InChI=1S/C18H16N2O5S/c1-24-14-6-3-10(7-15(14)25-2)9-20-16(21)12-5-4-11(17(22)23)8-13(12)19-18(20)26/h3-8H,9H2,1-2H3,(H,19,26)(H,22,23). The normalized spacial score (nSPS) is 10.7. The molecule has 3 rings (SSSR count). The van der Waals surface area contributed by atoms with Gasteiger partial charge in [0, 0.05) is 0 Å². The number of aromatic nitrogens is 2. The zero-order chi connectivity index (χ0) is 18.8. The van der Waals surface area contributed by atoms with E-state index in [-0.39, 0.29) is 22.4 Å². The van der Waals surface area contributed by atoms with Crippen LogP contribution < -0.4 is 15.0 Å². The largest absolute Gasteiger partial charge is 0.493 e. The van der Waals surface area contributed by atoms with E-state index in [1.807, 2.05) is 6.07 Å². The Bertz CT molecular complexity index is 1120. The monoisotopic (exact) mass is 372 g/mol. The highest BCUT2D eigenvalue weighted by Gasteiger charge is 2.11. The SMILES string of the molecule is COc1ccc(Cn2c(=S)[nH]c3cc(C(=O)O)ccc3c2=O)cc1OC. The first-order valence-corrected chi connectivity index (χ1v) is 8.06. The molecule has 8 heteroatoms. The molecule has 0 saturated carbocycles. The molecule has 1 heterocycles. The van der Waals surface area contributed by atoms with E-state index < -0.39 is 5.97 Å². The maximum Gasteiger partial charge on any atom is 0.335 e. The molecular weight excluding hydrogens is 356 g/mol. The van der Waals surface area contributed by atoms with E-state index in [0.29, 0.717) is 22.4 Å². The highest BCUT2D eigenvalue weighted by Crippen LogP contribution is 2.27. The van der Waals surface area contributed by atoms with E-state index in [2.05, 4.69) is 4.98 Å². The molecule has 1 aromatic heterocycles. The van der Waals surface area contributed by atoms with Gasteiger partial charge < -0.3 is 19.6 Å². The number of nitrogens with one attached hydrogen (secondary N) is 1. The van der Waals surface area contributed by atoms with Crippen LogP contribution in [0.15, 0.2) is 41.2 Å². The first-order chi connectivity index (χ1) is 12.4. The van der Waals surface area contributed by atoms with Gasteiger partial charge in [0.05, 0.1) is 37.2 Å². The van der Waals surface area contributed by atoms with Crippen LogP contribution in [0.3, 0.4) is 0 Å². The van der Waals surface area contributed by atoms with Gasteiger partial charge in [-0.3, -0.25) is 9.36 Å². The molecule has 3 aromatic rings. The fraction of sp³-hybridized carbons (Fsp3) is 0.167. The van der Waals surface area contributed by atoms with Gasteiger partial charge in [-0.05, 0) is 48.1 Å². The topological polar surface area (TPSA) is 93.5 Å². The number of nitrogens with zero attached hydrogens (tertiary/aromatic N) is 1. The van der Waals surface area contributed by atoms with E-state index in [4.69, 9.17) is 26.8 Å². The van der Waals surface area contributed by atoms with Crippen molar-refractivity contribution in [3.05, 3.63) is 62.6 Å². The van der Waals surface area contributed by atoms with Crippen LogP contribution in [-0.4, -0.2) is 34.8 Å². The third-order valence-corrected chi connectivity index (χ3v) is 4.34. The molecule has 0 aliphatic carbocycles. The molecule has 0 spiro atoms. The van der Waals surface area contributed by atoms with Crippen molar-refractivity contribution in [1.82, 2.24) is 9.55 Å². The number of H-pyrrole nitrogens is 1. The summed E-state index contributed by atoms with van der Waals surface area (Å²) in [5.74, 6) is 0.0778. The number of carbonyl (C=O) groups is 1. The third kappa shape index (κ3) is 3.18. The molecule has 0 aliphatic heterocycles. The third-order valence-electron chi connectivity index (χ3n) is 4.02. The van der Waals surface area contributed by atoms with Crippen molar-refractivity contribution in [2.45, 2.75) is 6.54 Å². The zero-order valence-electron chi connectivity index (χ0n) is 14.1. The van der Waals surface area contributed by atoms with Gasteiger partial charge in [0.15, 0.2) is 16.3 Å². The minimum atomic E-state index is -1.07. The molecule has 2 N–H and O–H groups in total. The lowest BCUT2D eigenvalue weighted by Gasteiger charge is -2.12. The van der Waals surface area contributed by atoms with Crippen LogP contribution in [0.5, 0.6) is 11.5 Å². The van der Waals surface area contributed by atoms with Gasteiger partial charge >= 0.3 is 5.97 Å². The zero-order valence-corrected chi connectivity index (χ0v) is 14.9. The molecule has 0 fully saturated rings. The second kappa shape index (κ2) is 7.01. The number of hydrogen-bond acceptors (Lipinski definition) is 5. The minimum absolute atomic E-state index is 0.0835. The molecule has 134 valence electrons. The Balaban J connectivity index is 2.09. The molecular formula is C18H16N2O5S. The van der Waals surface area contributed by atoms with Crippen molar-refractivity contribution in [2.75, 3.05) is 14.2 Å². The van der Waals surface area contributed by atoms with Gasteiger partial charge in [0.25, 0.3) is 5.56 Å². The number of fused-ring (bicyclic) bond motifs is 1. The van der Waals surface area contributed by atoms with Crippen LogP contribution in [0.2, 0.25) is 0 Å². The second-order valence-corrected chi connectivity index (χ2v) is 5.96. The molecule has 0 unspecified atom stereocenters. The van der Waals surface area contributed by atoms with Crippen molar-refractivity contribution in [2.24, 2.45) is 0 Å². The summed E-state index contributed by atoms with van der Waals surface area (Å²) in [7, 11) is 3.09. The fourth-order valence-corrected chi connectivity index (χ4v) is 2.95. The summed E-state index contributed by atoms with van der Waals surface area (Å²) in [6, 6.07) is 9.63. The molecule has 0 atom stereocenters. The lowest BCUT2D eigenvalue weighted by Crippen LogP contribution is -2.23. The predicted octanol–water partition coefficient (Wildman–Crippen LogP) is 2.82. The van der Waals surface area contributed by atoms with Crippen molar-refractivity contribution in [3.8, 4) is 11.5 Å². The van der Waals surface area contributed by atoms with Crippen LogP contribution in [-0.2, 0) is 6.54 Å². The summed E-state index contributed by atoms with van der Waals surface area (Å²) in [6.45, 7) is 0.241. The lowest BCUT2D eigenvalue weighted by molar-refractivity contribution is 0.0697. The second-order valence-electron chi connectivity index (χ2n) is 5.58. The van der Waals surface area contributed by atoms with Crippen LogP contribution in [0, 0.1) is 4.77 Å². The van der Waals surface area contributed by atoms with Gasteiger partial charge in [-0.1, -0.05) is 6.07 Å². The van der Waals surface area contributed by atoms with Crippen LogP contribution in [0.4, 0.5) is 0 Å². The number of hydrogen-bond donors (Lipinski definition) is 2. The van der Waals surface area contributed by atoms with Crippen LogP contribution in [0.1, 0.15) is 15.9 Å². The Kier molecular flexibility index (Phi) is 4.77. The molecule has 0 amide bonds. The Hall–Kier alpha value is -3.13. The Morgan fingerprint density at radius 1 is 1.15 bits per heavy atom. The van der Waals surface area contributed by atoms with Gasteiger partial charge in [-0.2, -0.15) is 0 Å². The Morgan fingerprint density at radius 2 is 1.88 bits per heavy atom. The molecule has 0 radical (unpaired) electrons. The average molecular weight is 372 g/mol. The summed E-state index contributed by atoms with van der Waals surface area (Å²) in [4.78, 5) is 26.8. The van der Waals surface area contributed by atoms with Crippen LogP contribution in [0.25, 0.3) is 10.9 Å². The molecule has 0 saturated heterocycles. The summed E-state index contributed by atoms with van der Waals surface area (Å²) in [5, 5.41) is 9.44. The number of rotatable bonds is 5. The maximum absolute atomic E-state index is 12.8. The molecule has 26 heavy (non-hydrogen) atoms. The first kappa shape index (κ1) is 17.7. The highest BCUT2D eigenvalue weighted by atomic mass is 32.1. The Labute approximate surface area is 153 Å². The van der Waals surface area contributed by atoms with Crippen LogP contribution >= 0.6 is 12.2 Å². The number of aromatic amines is 1. The Morgan fingerprint density at radius 3 is 2.54 bits per heavy atom. The van der Waals surface area contributed by atoms with Crippen molar-refractivity contribution < 1.29 is 19.4 Å². The average Bonchev–Trinajstić information content (AvgIpc) is 2.64. The number of aromatic carboxylic acids is 1. The number of ether oxygens (including phenoxy) is 2. The van der Waals surface area contributed by atoms with Gasteiger partial charge in [-0.15, -0.1) is 0 Å². The first-order valence-electron chi connectivity index (χ1n) is 7.65. The summed E-state index contributed by atoms with van der Waals surface area (Å²) < 4.78 is 12.1. The molecule has 0 aliphatic rings. The summed E-state index contributed by atoms with van der Waals surface area (Å²) in [5.41, 5.74) is 0.991. The smallest absolute Gasteiger partial charge is 0.335 e. The van der Waals surface area contributed by atoms with Gasteiger partial charge in [-0.25, -0.2) is 4.79 Å². The number of carboxylic acids is 1. The lowest BCUT2D eigenvalue weighted by atomic mass is 10.1. The summed E-state index contributed by atoms with van der Waals surface area (Å²) >= 11 is 5.29. The number of carboxylic acid groups (broad SMARTS) is 1. The highest BCUT2D eigenvalue weighted by molar-refractivity contribution is 7.71. The maximum atomic E-state index is 12.8. The number of methoxy groups -OCH3 is 2. The fourth-order valence-electron chi connectivity index (χ4n) is 2.69. The van der Waals surface area contributed by atoms with E-state index in [1.165, 1.54) is 29.9 Å². The quantitative estimate of drug-likeness (QED) is 0.669. The van der Waals surface area contributed by atoms with E-state index >= 15 is 0 Å². The molecule has 7 nitrogen and oxygen atoms in total. The number of benzene rings is 2. The van der Waals surface area contributed by atoms with Crippen molar-refractivity contribution in [1.29, 1.82) is 0 Å². The van der Waals surface area contributed by atoms with Crippen molar-refractivity contribution >= 4 is 29.1 Å². The summed E-state index contributed by atoms with van der Waals surface area (Å²) in [6.07, 6.45) is 0. The van der Waals surface area contributed by atoms with E-state index in [1.54, 1.807) is 19.2 Å².